The monoisotopic (exact) mass is 395 g/mol. The van der Waals surface area contributed by atoms with Gasteiger partial charge in [-0.15, -0.1) is 11.6 Å². The van der Waals surface area contributed by atoms with Gasteiger partial charge in [-0.2, -0.15) is 0 Å². The Balaban J connectivity index is 2.48. The summed E-state index contributed by atoms with van der Waals surface area (Å²) in [6, 6.07) is 3.35. The highest BCUT2D eigenvalue weighted by atomic mass is 127. The minimum Gasteiger partial charge on any atom is -0.327 e. The third kappa shape index (κ3) is 3.38. The molecule has 0 aliphatic heterocycles. The summed E-state index contributed by atoms with van der Waals surface area (Å²) in [6.45, 7) is 1.67. The summed E-state index contributed by atoms with van der Waals surface area (Å²) in [4.78, 5) is 6.67. The van der Waals surface area contributed by atoms with Crippen molar-refractivity contribution in [3.8, 4) is 0 Å². The SMILES string of the molecule is CN(C)CCn1c(CCCl)nc2cc(I)c(F)cc21. The minimum absolute atomic E-state index is 0.198. The van der Waals surface area contributed by atoms with E-state index >= 15 is 0 Å². The molecule has 0 saturated heterocycles. The van der Waals surface area contributed by atoms with Crippen LogP contribution in [0.1, 0.15) is 5.82 Å². The van der Waals surface area contributed by atoms with Crippen LogP contribution in [0.15, 0.2) is 12.1 Å². The van der Waals surface area contributed by atoms with Crippen molar-refractivity contribution in [1.82, 2.24) is 14.5 Å². The Morgan fingerprint density at radius 1 is 1.42 bits per heavy atom. The summed E-state index contributed by atoms with van der Waals surface area (Å²) < 4.78 is 16.4. The van der Waals surface area contributed by atoms with Gasteiger partial charge in [0, 0.05) is 31.5 Å². The van der Waals surface area contributed by atoms with Gasteiger partial charge in [0.1, 0.15) is 11.6 Å². The van der Waals surface area contributed by atoms with Gasteiger partial charge < -0.3 is 9.47 Å². The molecule has 1 aromatic carbocycles. The van der Waals surface area contributed by atoms with Crippen LogP contribution >= 0.6 is 34.2 Å². The molecule has 0 atom stereocenters. The quantitative estimate of drug-likeness (QED) is 0.573. The Kier molecular flexibility index (Phi) is 5.03. The van der Waals surface area contributed by atoms with Gasteiger partial charge in [-0.1, -0.05) is 0 Å². The van der Waals surface area contributed by atoms with E-state index in [0.29, 0.717) is 15.9 Å². The van der Waals surface area contributed by atoms with Crippen LogP contribution < -0.4 is 0 Å². The fourth-order valence-electron chi connectivity index (χ4n) is 1.99. The van der Waals surface area contributed by atoms with Crippen molar-refractivity contribution >= 4 is 45.2 Å². The van der Waals surface area contributed by atoms with E-state index in [1.807, 2.05) is 36.7 Å². The van der Waals surface area contributed by atoms with Crippen molar-refractivity contribution in [1.29, 1.82) is 0 Å². The molecule has 0 radical (unpaired) electrons. The van der Waals surface area contributed by atoms with E-state index in [-0.39, 0.29) is 5.82 Å². The molecule has 0 aliphatic rings. The molecule has 1 aromatic heterocycles. The molecule has 0 spiro atoms. The highest BCUT2D eigenvalue weighted by Gasteiger charge is 2.13. The van der Waals surface area contributed by atoms with Crippen LogP contribution in [0.4, 0.5) is 4.39 Å². The van der Waals surface area contributed by atoms with Gasteiger partial charge >= 0.3 is 0 Å². The second kappa shape index (κ2) is 6.37. The number of imidazole rings is 1. The molecule has 104 valence electrons. The fraction of sp³-hybridized carbons (Fsp3) is 0.462. The molecule has 0 unspecified atom stereocenters. The maximum atomic E-state index is 13.7. The van der Waals surface area contributed by atoms with Gasteiger partial charge in [0.2, 0.25) is 0 Å². The lowest BCUT2D eigenvalue weighted by molar-refractivity contribution is 0.383. The van der Waals surface area contributed by atoms with Crippen LogP contribution in [-0.2, 0) is 13.0 Å². The number of alkyl halides is 1. The average Bonchev–Trinajstić information content (AvgIpc) is 2.65. The lowest BCUT2D eigenvalue weighted by Crippen LogP contribution is -2.19. The zero-order valence-electron chi connectivity index (χ0n) is 11.0. The van der Waals surface area contributed by atoms with Crippen molar-refractivity contribution < 1.29 is 4.39 Å². The summed E-state index contributed by atoms with van der Waals surface area (Å²) in [7, 11) is 4.04. The second-order valence-electron chi connectivity index (χ2n) is 4.68. The number of nitrogens with zero attached hydrogens (tertiary/aromatic N) is 3. The molecular formula is C13H16ClFIN3. The molecule has 0 amide bonds. The van der Waals surface area contributed by atoms with E-state index in [1.165, 1.54) is 0 Å². The van der Waals surface area contributed by atoms with Crippen molar-refractivity contribution in [2.24, 2.45) is 0 Å². The minimum atomic E-state index is -0.198. The van der Waals surface area contributed by atoms with Gasteiger partial charge in [-0.25, -0.2) is 9.37 Å². The highest BCUT2D eigenvalue weighted by Crippen LogP contribution is 2.22. The molecule has 19 heavy (non-hydrogen) atoms. The topological polar surface area (TPSA) is 21.1 Å². The number of halogens is 3. The zero-order valence-corrected chi connectivity index (χ0v) is 13.9. The van der Waals surface area contributed by atoms with Gasteiger partial charge in [-0.05, 0) is 42.8 Å². The molecule has 2 rings (SSSR count). The van der Waals surface area contributed by atoms with Crippen molar-refractivity contribution in [2.75, 3.05) is 26.5 Å². The predicted octanol–water partition coefficient (Wildman–Crippen LogP) is 3.12. The summed E-state index contributed by atoms with van der Waals surface area (Å²) in [5.41, 5.74) is 1.68. The van der Waals surface area contributed by atoms with E-state index in [2.05, 4.69) is 14.5 Å². The third-order valence-electron chi connectivity index (χ3n) is 2.96. The number of hydrogen-bond acceptors (Lipinski definition) is 2. The first kappa shape index (κ1) is 15.0. The number of aryl methyl sites for hydroxylation is 1. The maximum Gasteiger partial charge on any atom is 0.138 e. The normalized spacial score (nSPS) is 11.7. The number of hydrogen-bond donors (Lipinski definition) is 0. The number of likely N-dealkylation sites (N-methyl/N-ethyl adjacent to an activating group) is 1. The first-order chi connectivity index (χ1) is 9.02. The summed E-state index contributed by atoms with van der Waals surface area (Å²) >= 11 is 7.81. The standard InChI is InChI=1S/C13H16ClFIN3/c1-18(2)5-6-19-12-7-9(15)10(16)8-11(12)17-13(19)3-4-14/h7-8H,3-6H2,1-2H3. The number of benzene rings is 1. The summed E-state index contributed by atoms with van der Waals surface area (Å²) in [6.07, 6.45) is 0.696. The molecule has 0 fully saturated rings. The van der Waals surface area contributed by atoms with E-state index in [9.17, 15) is 4.39 Å². The second-order valence-corrected chi connectivity index (χ2v) is 6.22. The molecule has 0 aliphatic carbocycles. The molecule has 0 bridgehead atoms. The molecule has 6 heteroatoms. The first-order valence-corrected chi connectivity index (χ1v) is 7.69. The maximum absolute atomic E-state index is 13.7. The molecule has 1 heterocycles. The van der Waals surface area contributed by atoms with Crippen LogP contribution in [0.5, 0.6) is 0 Å². The highest BCUT2D eigenvalue weighted by molar-refractivity contribution is 14.1. The van der Waals surface area contributed by atoms with Crippen LogP contribution in [-0.4, -0.2) is 41.0 Å². The van der Waals surface area contributed by atoms with Crippen molar-refractivity contribution in [3.05, 3.63) is 27.3 Å². The fourth-order valence-corrected chi connectivity index (χ4v) is 2.61. The molecule has 3 nitrogen and oxygen atoms in total. The zero-order chi connectivity index (χ0) is 14.0. The van der Waals surface area contributed by atoms with Crippen molar-refractivity contribution in [2.45, 2.75) is 13.0 Å². The summed E-state index contributed by atoms with van der Waals surface area (Å²) in [5, 5.41) is 0. The Labute approximate surface area is 130 Å². The molecular weight excluding hydrogens is 380 g/mol. The Morgan fingerprint density at radius 2 is 2.16 bits per heavy atom. The lowest BCUT2D eigenvalue weighted by atomic mass is 10.3. The average molecular weight is 396 g/mol. The van der Waals surface area contributed by atoms with E-state index in [0.717, 1.165) is 29.9 Å². The van der Waals surface area contributed by atoms with E-state index in [4.69, 9.17) is 11.6 Å². The Morgan fingerprint density at radius 3 is 2.79 bits per heavy atom. The van der Waals surface area contributed by atoms with Crippen LogP contribution in [0, 0.1) is 9.39 Å². The molecule has 2 aromatic rings. The number of aromatic nitrogens is 2. The first-order valence-electron chi connectivity index (χ1n) is 6.07. The molecule has 0 N–H and O–H groups in total. The van der Waals surface area contributed by atoms with E-state index < -0.39 is 0 Å². The van der Waals surface area contributed by atoms with Crippen LogP contribution in [0.3, 0.4) is 0 Å². The van der Waals surface area contributed by atoms with Gasteiger partial charge in [0.15, 0.2) is 0 Å². The smallest absolute Gasteiger partial charge is 0.138 e. The van der Waals surface area contributed by atoms with Crippen molar-refractivity contribution in [3.63, 3.8) is 0 Å². The largest absolute Gasteiger partial charge is 0.327 e. The number of rotatable bonds is 5. The van der Waals surface area contributed by atoms with Gasteiger partial charge in [-0.3, -0.25) is 0 Å². The number of fused-ring (bicyclic) bond motifs is 1. The van der Waals surface area contributed by atoms with Gasteiger partial charge in [0.05, 0.1) is 14.6 Å². The van der Waals surface area contributed by atoms with E-state index in [1.54, 1.807) is 12.1 Å². The van der Waals surface area contributed by atoms with Crippen LogP contribution in [0.2, 0.25) is 0 Å². The Hall–Kier alpha value is -0.400. The van der Waals surface area contributed by atoms with Gasteiger partial charge in [0.25, 0.3) is 0 Å². The van der Waals surface area contributed by atoms with Crippen LogP contribution in [0.25, 0.3) is 11.0 Å². The lowest BCUT2D eigenvalue weighted by Gasteiger charge is -2.13. The predicted molar refractivity (Wildman–Crippen MR) is 85.4 cm³/mol. The summed E-state index contributed by atoms with van der Waals surface area (Å²) in [5.74, 6) is 1.25. The third-order valence-corrected chi connectivity index (χ3v) is 3.97. The Bertz CT molecular complexity index is 583. The molecule has 0 saturated carbocycles.